The van der Waals surface area contributed by atoms with Gasteiger partial charge in [0.2, 0.25) is 0 Å². The molecule has 0 saturated carbocycles. The molecule has 2 N–H and O–H groups in total. The molecule has 0 spiro atoms. The highest BCUT2D eigenvalue weighted by Crippen LogP contribution is 2.17. The smallest absolute Gasteiger partial charge is 0.131 e. The van der Waals surface area contributed by atoms with Crippen LogP contribution in [0.25, 0.3) is 0 Å². The Morgan fingerprint density at radius 3 is 1.50 bits per heavy atom. The summed E-state index contributed by atoms with van der Waals surface area (Å²) in [6.45, 7) is 12.6. The van der Waals surface area contributed by atoms with Crippen molar-refractivity contribution in [3.8, 4) is 0 Å². The fourth-order valence-electron chi connectivity index (χ4n) is 1.26. The lowest BCUT2D eigenvalue weighted by Gasteiger charge is -2.23. The summed E-state index contributed by atoms with van der Waals surface area (Å²) in [5, 5.41) is 6.63. The second kappa shape index (κ2) is 4.28. The number of hydrogen-bond donors (Lipinski definition) is 2. The molecule has 0 aliphatic rings. The zero-order valence-corrected chi connectivity index (χ0v) is 11.0. The van der Waals surface area contributed by atoms with E-state index in [0.717, 1.165) is 11.6 Å². The van der Waals surface area contributed by atoms with Gasteiger partial charge in [0.1, 0.15) is 18.0 Å². The van der Waals surface area contributed by atoms with Crippen molar-refractivity contribution in [1.82, 2.24) is 9.97 Å². The van der Waals surface area contributed by atoms with Crippen LogP contribution in [0.3, 0.4) is 0 Å². The van der Waals surface area contributed by atoms with E-state index in [4.69, 9.17) is 0 Å². The van der Waals surface area contributed by atoms with E-state index in [9.17, 15) is 0 Å². The molecule has 1 aromatic rings. The quantitative estimate of drug-likeness (QED) is 0.808. The van der Waals surface area contributed by atoms with Gasteiger partial charge in [-0.25, -0.2) is 9.97 Å². The van der Waals surface area contributed by atoms with E-state index in [1.165, 1.54) is 0 Å². The molecule has 0 fully saturated rings. The molecular formula is C12H22N4. The van der Waals surface area contributed by atoms with E-state index in [0.29, 0.717) is 0 Å². The highest BCUT2D eigenvalue weighted by Gasteiger charge is 2.13. The van der Waals surface area contributed by atoms with Crippen molar-refractivity contribution < 1.29 is 0 Å². The Hall–Kier alpha value is -1.32. The standard InChI is InChI=1S/C12H22N4/c1-11(2,3)15-9-7-10(14-8-13-9)16-12(4,5)6/h7-8H,1-6H3,(H2,13,14,15,16). The Kier molecular flexibility index (Phi) is 3.41. The SMILES string of the molecule is CC(C)(C)Nc1cc(NC(C)(C)C)ncn1. The summed E-state index contributed by atoms with van der Waals surface area (Å²) in [6.07, 6.45) is 1.57. The lowest BCUT2D eigenvalue weighted by atomic mass is 10.1. The predicted molar refractivity (Wildman–Crippen MR) is 68.8 cm³/mol. The highest BCUT2D eigenvalue weighted by molar-refractivity contribution is 5.48. The number of hydrogen-bond acceptors (Lipinski definition) is 4. The molecule has 0 radical (unpaired) electrons. The maximum atomic E-state index is 4.19. The Bertz CT molecular complexity index is 316. The van der Waals surface area contributed by atoms with Crippen LogP contribution in [0, 0.1) is 0 Å². The summed E-state index contributed by atoms with van der Waals surface area (Å²) in [6, 6.07) is 1.93. The first-order valence-corrected chi connectivity index (χ1v) is 5.54. The van der Waals surface area contributed by atoms with Crippen LogP contribution in [0.5, 0.6) is 0 Å². The topological polar surface area (TPSA) is 49.8 Å². The summed E-state index contributed by atoms with van der Waals surface area (Å²) in [5.74, 6) is 1.68. The molecule has 0 aliphatic carbocycles. The first kappa shape index (κ1) is 12.7. The minimum atomic E-state index is 0.00730. The average Bonchev–Trinajstić information content (AvgIpc) is 1.96. The zero-order chi connectivity index (χ0) is 12.4. The van der Waals surface area contributed by atoms with Crippen molar-refractivity contribution in [2.24, 2.45) is 0 Å². The summed E-state index contributed by atoms with van der Waals surface area (Å²) in [5.41, 5.74) is 0.0146. The first-order valence-electron chi connectivity index (χ1n) is 5.54. The van der Waals surface area contributed by atoms with Crippen LogP contribution in [0.4, 0.5) is 11.6 Å². The van der Waals surface area contributed by atoms with Crippen molar-refractivity contribution in [3.05, 3.63) is 12.4 Å². The lowest BCUT2D eigenvalue weighted by Crippen LogP contribution is -2.28. The van der Waals surface area contributed by atoms with Gasteiger partial charge in [-0.3, -0.25) is 0 Å². The van der Waals surface area contributed by atoms with E-state index >= 15 is 0 Å². The fraction of sp³-hybridized carbons (Fsp3) is 0.667. The molecule has 0 atom stereocenters. The number of rotatable bonds is 2. The predicted octanol–water partition coefficient (Wildman–Crippen LogP) is 2.90. The van der Waals surface area contributed by atoms with Gasteiger partial charge >= 0.3 is 0 Å². The van der Waals surface area contributed by atoms with Gasteiger partial charge in [0.05, 0.1) is 0 Å². The van der Waals surface area contributed by atoms with Crippen LogP contribution < -0.4 is 10.6 Å². The number of nitrogens with one attached hydrogen (secondary N) is 2. The Balaban J connectivity index is 2.79. The molecule has 0 aliphatic heterocycles. The third kappa shape index (κ3) is 4.96. The molecule has 90 valence electrons. The summed E-state index contributed by atoms with van der Waals surface area (Å²) in [7, 11) is 0. The molecule has 0 bridgehead atoms. The molecule has 1 aromatic heterocycles. The van der Waals surface area contributed by atoms with Crippen molar-refractivity contribution >= 4 is 11.6 Å². The molecule has 0 saturated heterocycles. The molecule has 1 rings (SSSR count). The lowest BCUT2D eigenvalue weighted by molar-refractivity contribution is 0.625. The first-order chi connectivity index (χ1) is 7.16. The van der Waals surface area contributed by atoms with Gasteiger partial charge in [-0.1, -0.05) is 0 Å². The minimum absolute atomic E-state index is 0.00730. The highest BCUT2D eigenvalue weighted by atomic mass is 15.1. The fourth-order valence-corrected chi connectivity index (χ4v) is 1.26. The zero-order valence-electron chi connectivity index (χ0n) is 11.0. The van der Waals surface area contributed by atoms with E-state index in [-0.39, 0.29) is 11.1 Å². The molecule has 0 aromatic carbocycles. The van der Waals surface area contributed by atoms with Gasteiger partial charge in [-0.15, -0.1) is 0 Å². The van der Waals surface area contributed by atoms with Gasteiger partial charge < -0.3 is 10.6 Å². The maximum absolute atomic E-state index is 4.19. The van der Waals surface area contributed by atoms with Crippen molar-refractivity contribution in [2.45, 2.75) is 52.6 Å². The normalized spacial score (nSPS) is 12.4. The molecular weight excluding hydrogens is 200 g/mol. The van der Waals surface area contributed by atoms with Gasteiger partial charge in [-0.2, -0.15) is 0 Å². The molecule has 16 heavy (non-hydrogen) atoms. The number of aromatic nitrogens is 2. The monoisotopic (exact) mass is 222 g/mol. The molecule has 4 nitrogen and oxygen atoms in total. The Morgan fingerprint density at radius 2 is 1.19 bits per heavy atom. The van der Waals surface area contributed by atoms with E-state index < -0.39 is 0 Å². The van der Waals surface area contributed by atoms with Crippen LogP contribution in [0.1, 0.15) is 41.5 Å². The summed E-state index contributed by atoms with van der Waals surface area (Å²) in [4.78, 5) is 8.39. The van der Waals surface area contributed by atoms with Crippen LogP contribution in [-0.4, -0.2) is 21.0 Å². The van der Waals surface area contributed by atoms with Gasteiger partial charge in [-0.05, 0) is 41.5 Å². The van der Waals surface area contributed by atoms with E-state index in [1.54, 1.807) is 6.33 Å². The molecule has 1 heterocycles. The largest absolute Gasteiger partial charge is 0.365 e. The van der Waals surface area contributed by atoms with Crippen LogP contribution in [0.2, 0.25) is 0 Å². The van der Waals surface area contributed by atoms with Crippen molar-refractivity contribution in [2.75, 3.05) is 10.6 Å². The minimum Gasteiger partial charge on any atom is -0.365 e. The van der Waals surface area contributed by atoms with Crippen LogP contribution in [0.15, 0.2) is 12.4 Å². The number of anilines is 2. The van der Waals surface area contributed by atoms with Gasteiger partial charge in [0.25, 0.3) is 0 Å². The van der Waals surface area contributed by atoms with Gasteiger partial charge in [0, 0.05) is 17.1 Å². The van der Waals surface area contributed by atoms with Crippen molar-refractivity contribution in [1.29, 1.82) is 0 Å². The third-order valence-electron chi connectivity index (χ3n) is 1.67. The average molecular weight is 222 g/mol. The van der Waals surface area contributed by atoms with Gasteiger partial charge in [0.15, 0.2) is 0 Å². The van der Waals surface area contributed by atoms with E-state index in [1.807, 2.05) is 6.07 Å². The van der Waals surface area contributed by atoms with E-state index in [2.05, 4.69) is 62.1 Å². The molecule has 4 heteroatoms. The van der Waals surface area contributed by atoms with Crippen molar-refractivity contribution in [3.63, 3.8) is 0 Å². The second-order valence-electron chi connectivity index (χ2n) is 6.04. The molecule has 0 unspecified atom stereocenters. The van der Waals surface area contributed by atoms with Crippen LogP contribution in [-0.2, 0) is 0 Å². The summed E-state index contributed by atoms with van der Waals surface area (Å²) >= 11 is 0. The Morgan fingerprint density at radius 1 is 0.812 bits per heavy atom. The Labute approximate surface area is 97.9 Å². The second-order valence-corrected chi connectivity index (χ2v) is 6.04. The third-order valence-corrected chi connectivity index (χ3v) is 1.67. The molecule has 0 amide bonds. The maximum Gasteiger partial charge on any atom is 0.131 e. The van der Waals surface area contributed by atoms with Crippen LogP contribution >= 0.6 is 0 Å². The number of nitrogens with zero attached hydrogens (tertiary/aromatic N) is 2. The summed E-state index contributed by atoms with van der Waals surface area (Å²) < 4.78 is 0.